The van der Waals surface area contributed by atoms with Crippen molar-refractivity contribution in [1.82, 2.24) is 4.98 Å². The number of aromatic carboxylic acids is 1. The Hall–Kier alpha value is -2.43. The number of ether oxygens (including phenoxy) is 1. The number of benzene rings is 1. The van der Waals surface area contributed by atoms with Crippen molar-refractivity contribution in [3.8, 4) is 0 Å². The zero-order chi connectivity index (χ0) is 12.4. The van der Waals surface area contributed by atoms with Gasteiger partial charge in [0.2, 0.25) is 0 Å². The fourth-order valence-electron chi connectivity index (χ4n) is 1.58. The van der Waals surface area contributed by atoms with Crippen LogP contribution in [0, 0.1) is 0 Å². The summed E-state index contributed by atoms with van der Waals surface area (Å²) in [5, 5.41) is 9.71. The number of fused-ring (bicyclic) bond motifs is 1. The first-order valence-corrected chi connectivity index (χ1v) is 4.84. The van der Waals surface area contributed by atoms with Crippen LogP contribution in [0.5, 0.6) is 0 Å². The number of nitrogens with zero attached hydrogens (tertiary/aromatic N) is 1. The summed E-state index contributed by atoms with van der Waals surface area (Å²) in [6.45, 7) is 0. The second-order valence-corrected chi connectivity index (χ2v) is 3.39. The number of carbonyl (C=O) groups is 2. The summed E-state index contributed by atoms with van der Waals surface area (Å²) >= 11 is 0. The van der Waals surface area contributed by atoms with E-state index in [9.17, 15) is 9.59 Å². The molecule has 86 valence electrons. The lowest BCUT2D eigenvalue weighted by Crippen LogP contribution is -2.10. The number of hydrogen-bond acceptors (Lipinski definition) is 4. The van der Waals surface area contributed by atoms with Crippen LogP contribution in [-0.2, 0) is 4.74 Å². The molecule has 1 N–H and O–H groups in total. The Morgan fingerprint density at radius 1 is 1.29 bits per heavy atom. The van der Waals surface area contributed by atoms with E-state index in [2.05, 4.69) is 9.72 Å². The highest BCUT2D eigenvalue weighted by molar-refractivity contribution is 6.06. The van der Waals surface area contributed by atoms with Crippen LogP contribution in [0.4, 0.5) is 0 Å². The summed E-state index contributed by atoms with van der Waals surface area (Å²) < 4.78 is 4.55. The highest BCUT2D eigenvalue weighted by Crippen LogP contribution is 2.19. The summed E-state index contributed by atoms with van der Waals surface area (Å²) in [5.74, 6) is -1.86. The molecular formula is C12H9NO4. The second-order valence-electron chi connectivity index (χ2n) is 3.39. The van der Waals surface area contributed by atoms with Crippen LogP contribution in [0.1, 0.15) is 20.7 Å². The lowest BCUT2D eigenvalue weighted by molar-refractivity contribution is 0.0583. The number of esters is 1. The molecule has 0 radical (unpaired) electrons. The van der Waals surface area contributed by atoms with Crippen LogP contribution in [0.15, 0.2) is 30.5 Å². The van der Waals surface area contributed by atoms with Gasteiger partial charge in [0.25, 0.3) is 0 Å². The van der Waals surface area contributed by atoms with Gasteiger partial charge in [-0.3, -0.25) is 4.98 Å². The van der Waals surface area contributed by atoms with E-state index in [1.807, 2.05) is 0 Å². The highest BCUT2D eigenvalue weighted by Gasteiger charge is 2.18. The van der Waals surface area contributed by atoms with E-state index < -0.39 is 11.9 Å². The number of methoxy groups -OCH3 is 1. The maximum atomic E-state index is 11.5. The van der Waals surface area contributed by atoms with Gasteiger partial charge in [-0.2, -0.15) is 0 Å². The summed E-state index contributed by atoms with van der Waals surface area (Å²) in [5.41, 5.74) is 0.474. The molecule has 17 heavy (non-hydrogen) atoms. The second kappa shape index (κ2) is 4.21. The predicted molar refractivity (Wildman–Crippen MR) is 60.0 cm³/mol. The average molecular weight is 231 g/mol. The lowest BCUT2D eigenvalue weighted by Gasteiger charge is -2.05. The molecule has 0 saturated carbocycles. The standard InChI is InChI=1S/C12H9NO4/c1-17-12(16)9-6-10-7(3-2-4-13-10)5-8(9)11(14)15/h2-6H,1H3,(H,14,15). The van der Waals surface area contributed by atoms with Crippen LogP contribution in [-0.4, -0.2) is 29.1 Å². The molecule has 5 nitrogen and oxygen atoms in total. The highest BCUT2D eigenvalue weighted by atomic mass is 16.5. The first kappa shape index (κ1) is 11.1. The molecule has 0 saturated heterocycles. The van der Waals surface area contributed by atoms with Crippen molar-refractivity contribution in [3.63, 3.8) is 0 Å². The smallest absolute Gasteiger partial charge is 0.338 e. The topological polar surface area (TPSA) is 76.5 Å². The van der Waals surface area contributed by atoms with Gasteiger partial charge in [0, 0.05) is 11.6 Å². The molecule has 0 fully saturated rings. The Balaban J connectivity index is 2.75. The monoisotopic (exact) mass is 231 g/mol. The molecule has 0 amide bonds. The Labute approximate surface area is 96.7 Å². The van der Waals surface area contributed by atoms with Gasteiger partial charge in [-0.1, -0.05) is 6.07 Å². The van der Waals surface area contributed by atoms with Gasteiger partial charge in [0.05, 0.1) is 23.8 Å². The fraction of sp³-hybridized carbons (Fsp3) is 0.0833. The van der Waals surface area contributed by atoms with E-state index in [-0.39, 0.29) is 11.1 Å². The van der Waals surface area contributed by atoms with E-state index in [1.165, 1.54) is 19.2 Å². The molecule has 1 aromatic carbocycles. The molecule has 1 heterocycles. The fourth-order valence-corrected chi connectivity index (χ4v) is 1.58. The number of carboxylic acids is 1. The van der Waals surface area contributed by atoms with E-state index in [0.717, 1.165) is 0 Å². The van der Waals surface area contributed by atoms with Gasteiger partial charge >= 0.3 is 11.9 Å². The molecule has 2 rings (SSSR count). The SMILES string of the molecule is COC(=O)c1cc2ncccc2cc1C(=O)O. The minimum atomic E-state index is -1.17. The third-order valence-electron chi connectivity index (χ3n) is 2.38. The molecule has 0 unspecified atom stereocenters. The number of hydrogen-bond donors (Lipinski definition) is 1. The van der Waals surface area contributed by atoms with Crippen LogP contribution in [0.25, 0.3) is 10.9 Å². The van der Waals surface area contributed by atoms with E-state index in [4.69, 9.17) is 5.11 Å². The van der Waals surface area contributed by atoms with Crippen molar-refractivity contribution >= 4 is 22.8 Å². The van der Waals surface area contributed by atoms with Crippen LogP contribution in [0.2, 0.25) is 0 Å². The maximum absolute atomic E-state index is 11.5. The maximum Gasteiger partial charge on any atom is 0.338 e. The predicted octanol–water partition coefficient (Wildman–Crippen LogP) is 1.72. The van der Waals surface area contributed by atoms with Gasteiger partial charge in [0.15, 0.2) is 0 Å². The quantitative estimate of drug-likeness (QED) is 0.796. The minimum Gasteiger partial charge on any atom is -0.478 e. The molecule has 5 heteroatoms. The Morgan fingerprint density at radius 2 is 2.06 bits per heavy atom. The number of rotatable bonds is 2. The van der Waals surface area contributed by atoms with Crippen molar-refractivity contribution in [3.05, 3.63) is 41.6 Å². The minimum absolute atomic E-state index is 0.00574. The molecule has 0 aliphatic heterocycles. The number of carboxylic acid groups (broad SMARTS) is 1. The van der Waals surface area contributed by atoms with Gasteiger partial charge in [-0.05, 0) is 18.2 Å². The third-order valence-corrected chi connectivity index (χ3v) is 2.38. The molecular weight excluding hydrogens is 222 g/mol. The molecule has 2 aromatic rings. The van der Waals surface area contributed by atoms with Crippen molar-refractivity contribution in [2.24, 2.45) is 0 Å². The van der Waals surface area contributed by atoms with E-state index >= 15 is 0 Å². The molecule has 0 spiro atoms. The summed E-state index contributed by atoms with van der Waals surface area (Å²) in [7, 11) is 1.20. The van der Waals surface area contributed by atoms with Crippen LogP contribution >= 0.6 is 0 Å². The van der Waals surface area contributed by atoms with Gasteiger partial charge in [0.1, 0.15) is 0 Å². The number of carbonyl (C=O) groups excluding carboxylic acids is 1. The lowest BCUT2D eigenvalue weighted by atomic mass is 10.0. The Morgan fingerprint density at radius 3 is 2.71 bits per heavy atom. The van der Waals surface area contributed by atoms with Gasteiger partial charge in [-0.15, -0.1) is 0 Å². The molecule has 0 bridgehead atoms. The largest absolute Gasteiger partial charge is 0.478 e. The summed E-state index contributed by atoms with van der Waals surface area (Å²) in [6, 6.07) is 6.27. The zero-order valence-corrected chi connectivity index (χ0v) is 9.01. The van der Waals surface area contributed by atoms with Crippen molar-refractivity contribution in [1.29, 1.82) is 0 Å². The Kier molecular flexibility index (Phi) is 2.74. The average Bonchev–Trinajstić information content (AvgIpc) is 2.36. The molecule has 0 aliphatic carbocycles. The number of aromatic nitrogens is 1. The summed E-state index contributed by atoms with van der Waals surface area (Å²) in [4.78, 5) is 26.6. The van der Waals surface area contributed by atoms with Crippen LogP contribution in [0.3, 0.4) is 0 Å². The van der Waals surface area contributed by atoms with Gasteiger partial charge < -0.3 is 9.84 Å². The third kappa shape index (κ3) is 1.94. The molecule has 0 atom stereocenters. The first-order valence-electron chi connectivity index (χ1n) is 4.84. The Bertz CT molecular complexity index is 606. The zero-order valence-electron chi connectivity index (χ0n) is 9.01. The van der Waals surface area contributed by atoms with E-state index in [1.54, 1.807) is 18.3 Å². The molecule has 0 aliphatic rings. The number of pyridine rings is 1. The van der Waals surface area contributed by atoms with Crippen molar-refractivity contribution < 1.29 is 19.4 Å². The van der Waals surface area contributed by atoms with Gasteiger partial charge in [-0.25, -0.2) is 9.59 Å². The normalized spacial score (nSPS) is 10.2. The molecule has 1 aromatic heterocycles. The van der Waals surface area contributed by atoms with E-state index in [0.29, 0.717) is 10.9 Å². The van der Waals surface area contributed by atoms with Crippen molar-refractivity contribution in [2.75, 3.05) is 7.11 Å². The van der Waals surface area contributed by atoms with Crippen molar-refractivity contribution in [2.45, 2.75) is 0 Å². The van der Waals surface area contributed by atoms with Crippen LogP contribution < -0.4 is 0 Å². The summed E-state index contributed by atoms with van der Waals surface area (Å²) in [6.07, 6.45) is 1.57. The first-order chi connectivity index (χ1) is 8.13.